The highest BCUT2D eigenvalue weighted by atomic mass is 32.2. The predicted octanol–water partition coefficient (Wildman–Crippen LogP) is 8.09. The van der Waals surface area contributed by atoms with Crippen LogP contribution in [0.4, 0.5) is 13.2 Å². The minimum atomic E-state index is -6.10. The van der Waals surface area contributed by atoms with E-state index in [0.717, 1.165) is 3.97 Å². The Kier molecular flexibility index (Phi) is 13.2. The van der Waals surface area contributed by atoms with Crippen molar-refractivity contribution >= 4 is 31.0 Å². The Balaban J connectivity index is 1.48. The molecule has 5 atom stereocenters. The van der Waals surface area contributed by atoms with Gasteiger partial charge in [0.05, 0.1) is 36.8 Å². The Bertz CT molecular complexity index is 2550. The fourth-order valence-corrected chi connectivity index (χ4v) is 9.01. The Labute approximate surface area is 346 Å². The molecule has 316 valence electrons. The first-order valence-corrected chi connectivity index (χ1v) is 21.8. The number of ether oxygens (including phenoxy) is 5. The molecule has 1 aromatic heterocycles. The highest BCUT2D eigenvalue weighted by Crippen LogP contribution is 2.49. The maximum Gasteiger partial charge on any atom is 0.523 e. The minimum absolute atomic E-state index is 0.00171. The van der Waals surface area contributed by atoms with Crippen LogP contribution in [0.5, 0.6) is 0 Å². The van der Waals surface area contributed by atoms with Gasteiger partial charge in [0.1, 0.15) is 18.3 Å². The topological polar surface area (TPSA) is 129 Å². The molecule has 0 radical (unpaired) electrons. The Hall–Kier alpha value is -4.91. The third kappa shape index (κ3) is 9.06. The van der Waals surface area contributed by atoms with Crippen LogP contribution in [0.15, 0.2) is 157 Å². The van der Waals surface area contributed by atoms with Crippen molar-refractivity contribution in [3.8, 4) is 0 Å². The van der Waals surface area contributed by atoms with Gasteiger partial charge < -0.3 is 23.7 Å². The maximum absolute atomic E-state index is 14.5. The van der Waals surface area contributed by atoms with E-state index in [-0.39, 0.29) is 42.4 Å². The van der Waals surface area contributed by atoms with Gasteiger partial charge in [-0.1, -0.05) is 127 Å². The molecule has 0 aliphatic carbocycles. The average Bonchev–Trinajstić information content (AvgIpc) is 3.66. The summed E-state index contributed by atoms with van der Waals surface area (Å²) in [5, 5.41) is 0.392. The van der Waals surface area contributed by atoms with Crippen molar-refractivity contribution in [2.75, 3.05) is 13.2 Å². The van der Waals surface area contributed by atoms with Crippen molar-refractivity contribution < 1.29 is 57.9 Å². The molecule has 16 heteroatoms. The van der Waals surface area contributed by atoms with Crippen LogP contribution in [0, 0.1) is 0 Å². The number of alkyl halides is 3. The molecule has 0 spiro atoms. The zero-order valence-electron chi connectivity index (χ0n) is 32.3. The molecule has 0 bridgehead atoms. The third-order valence-corrected chi connectivity index (χ3v) is 12.7. The van der Waals surface area contributed by atoms with Crippen molar-refractivity contribution in [1.82, 2.24) is 3.97 Å². The first kappa shape index (κ1) is 43.2. The van der Waals surface area contributed by atoms with E-state index in [9.17, 15) is 30.0 Å². The summed E-state index contributed by atoms with van der Waals surface area (Å²) in [5.41, 5.74) is -5.19. The lowest BCUT2D eigenvalue weighted by Gasteiger charge is -2.53. The molecule has 1 aliphatic heterocycles. The summed E-state index contributed by atoms with van der Waals surface area (Å²) < 4.78 is 134. The normalized spacial score (nSPS) is 21.3. The summed E-state index contributed by atoms with van der Waals surface area (Å²) >= 11 is 0. The third-order valence-electron chi connectivity index (χ3n) is 10.0. The van der Waals surface area contributed by atoms with E-state index < -0.39 is 62.5 Å². The number of benzene rings is 5. The number of halogens is 3. The van der Waals surface area contributed by atoms with Gasteiger partial charge in [-0.15, -0.1) is 0 Å². The lowest BCUT2D eigenvalue weighted by atomic mass is 9.79. The van der Waals surface area contributed by atoms with Gasteiger partial charge in [0.2, 0.25) is 0 Å². The summed E-state index contributed by atoms with van der Waals surface area (Å²) in [4.78, 5) is 0.00171. The van der Waals surface area contributed by atoms with Gasteiger partial charge in [-0.3, -0.25) is 4.18 Å². The molecular weight excluding hydrogens is 824 g/mol. The van der Waals surface area contributed by atoms with Crippen LogP contribution in [-0.2, 0) is 73.4 Å². The van der Waals surface area contributed by atoms with Crippen LogP contribution in [0.25, 0.3) is 10.9 Å². The van der Waals surface area contributed by atoms with Crippen molar-refractivity contribution in [3.05, 3.63) is 174 Å². The Morgan fingerprint density at radius 3 is 1.75 bits per heavy atom. The van der Waals surface area contributed by atoms with Gasteiger partial charge in [0, 0.05) is 23.8 Å². The predicted molar refractivity (Wildman–Crippen MR) is 215 cm³/mol. The molecule has 7 rings (SSSR count). The molecule has 1 fully saturated rings. The van der Waals surface area contributed by atoms with E-state index in [1.54, 1.807) is 104 Å². The van der Waals surface area contributed by atoms with E-state index in [1.165, 1.54) is 18.3 Å². The lowest BCUT2D eigenvalue weighted by Crippen LogP contribution is -2.67. The molecule has 0 N–H and O–H groups in total. The van der Waals surface area contributed by atoms with Gasteiger partial charge >= 0.3 is 15.6 Å². The monoisotopic (exact) mass is 865 g/mol. The molecular formula is C44H42F3NO10S2. The van der Waals surface area contributed by atoms with Gasteiger partial charge in [-0.25, -0.2) is 12.4 Å². The van der Waals surface area contributed by atoms with Gasteiger partial charge in [0.25, 0.3) is 10.0 Å². The van der Waals surface area contributed by atoms with Gasteiger partial charge in [-0.05, 0) is 41.8 Å². The quantitative estimate of drug-likeness (QED) is 0.0656. The number of rotatable bonds is 17. The highest BCUT2D eigenvalue weighted by molar-refractivity contribution is 7.90. The van der Waals surface area contributed by atoms with Crippen molar-refractivity contribution in [1.29, 1.82) is 0 Å². The summed E-state index contributed by atoms with van der Waals surface area (Å²) in [7, 11) is -10.4. The summed E-state index contributed by atoms with van der Waals surface area (Å²) in [6, 6.07) is 41.6. The highest BCUT2D eigenvalue weighted by Gasteiger charge is 2.62. The van der Waals surface area contributed by atoms with Crippen LogP contribution in [-0.4, -0.2) is 64.1 Å². The van der Waals surface area contributed by atoms with Crippen molar-refractivity contribution in [3.63, 3.8) is 0 Å². The first-order valence-electron chi connectivity index (χ1n) is 19.0. The summed E-state index contributed by atoms with van der Waals surface area (Å²) in [6.07, 6.45) is -4.64. The molecule has 2 heterocycles. The van der Waals surface area contributed by atoms with E-state index in [2.05, 4.69) is 4.18 Å². The Morgan fingerprint density at radius 2 is 1.18 bits per heavy atom. The average molecular weight is 866 g/mol. The largest absolute Gasteiger partial charge is 0.523 e. The summed E-state index contributed by atoms with van der Waals surface area (Å²) in [6.45, 7) is 0.0828. The van der Waals surface area contributed by atoms with Crippen LogP contribution >= 0.6 is 0 Å². The zero-order valence-corrected chi connectivity index (χ0v) is 33.9. The molecule has 5 aromatic carbocycles. The number of para-hydroxylation sites is 1. The molecule has 1 saturated heterocycles. The SMILES string of the molecule is CCOC1O[C@H](COS(=O)(=O)C(F)(F)F)[C@@H](OCc2ccccc2)[C@H](OCc2ccccc2)[C@]1(OCc1ccccc1)c1cn(S(=O)(=O)c2ccccc2)c2ccccc12. The lowest BCUT2D eigenvalue weighted by molar-refractivity contribution is -0.371. The molecule has 60 heavy (non-hydrogen) atoms. The number of aromatic nitrogens is 1. The second-order valence-corrected chi connectivity index (χ2v) is 17.3. The number of hydrogen-bond acceptors (Lipinski definition) is 10. The fourth-order valence-electron chi connectivity index (χ4n) is 7.17. The van der Waals surface area contributed by atoms with Crippen LogP contribution in [0.1, 0.15) is 29.2 Å². The summed E-state index contributed by atoms with van der Waals surface area (Å²) in [5.74, 6) is 0. The van der Waals surface area contributed by atoms with Crippen LogP contribution < -0.4 is 0 Å². The second kappa shape index (κ2) is 18.4. The molecule has 6 aromatic rings. The van der Waals surface area contributed by atoms with Crippen LogP contribution in [0.2, 0.25) is 0 Å². The molecule has 1 aliphatic rings. The van der Waals surface area contributed by atoms with E-state index >= 15 is 0 Å². The number of hydrogen-bond donors (Lipinski definition) is 0. The smallest absolute Gasteiger partial charge is 0.368 e. The molecule has 0 amide bonds. The van der Waals surface area contributed by atoms with E-state index in [1.807, 2.05) is 36.4 Å². The number of nitrogens with zero attached hydrogens (tertiary/aromatic N) is 1. The minimum Gasteiger partial charge on any atom is -0.368 e. The second-order valence-electron chi connectivity index (χ2n) is 13.9. The molecule has 1 unspecified atom stereocenters. The maximum atomic E-state index is 14.5. The fraction of sp³-hybridized carbons (Fsp3) is 0.273. The zero-order chi connectivity index (χ0) is 42.4. The molecule has 11 nitrogen and oxygen atoms in total. The van der Waals surface area contributed by atoms with E-state index in [0.29, 0.717) is 22.1 Å². The van der Waals surface area contributed by atoms with Crippen molar-refractivity contribution in [2.45, 2.75) is 67.4 Å². The number of fused-ring (bicyclic) bond motifs is 1. The van der Waals surface area contributed by atoms with Gasteiger partial charge in [-0.2, -0.15) is 21.6 Å². The standard InChI is InChI=1S/C44H42F3NO10S2/c1-2-53-42-43(56-30-34-21-11-5-12-22-34,37-27-48(38-26-16-15-25-36(37)38)59(49,50)35-23-13-6-14-24-35)41(55-29-33-19-9-4-10-20-33)40(54-28-32-17-7-3-8-18-32)39(58-42)31-57-60(51,52)44(45,46)47/h3-27,39-42H,2,28-31H2,1H3/t39-,40-,41+,42?,43-/m1/s1. The van der Waals surface area contributed by atoms with Gasteiger partial charge in [0.15, 0.2) is 11.9 Å². The molecule has 0 saturated carbocycles. The Morgan fingerprint density at radius 1 is 0.667 bits per heavy atom. The van der Waals surface area contributed by atoms with Crippen LogP contribution in [0.3, 0.4) is 0 Å². The first-order chi connectivity index (χ1) is 28.8. The van der Waals surface area contributed by atoms with E-state index in [4.69, 9.17) is 23.7 Å². The van der Waals surface area contributed by atoms with Crippen molar-refractivity contribution in [2.24, 2.45) is 0 Å².